The number of ketones is 1. The Morgan fingerprint density at radius 1 is 0.806 bits per heavy atom. The van der Waals surface area contributed by atoms with Crippen LogP contribution in [0.15, 0.2) is 11.6 Å². The molecule has 36 heavy (non-hydrogen) atoms. The summed E-state index contributed by atoms with van der Waals surface area (Å²) in [6, 6.07) is 0. The summed E-state index contributed by atoms with van der Waals surface area (Å²) in [7, 11) is -3.66. The van der Waals surface area contributed by atoms with E-state index in [4.69, 9.17) is 8.85 Å². The van der Waals surface area contributed by atoms with Crippen LogP contribution < -0.4 is 0 Å². The van der Waals surface area contributed by atoms with Gasteiger partial charge in [-0.1, -0.05) is 61.0 Å². The van der Waals surface area contributed by atoms with E-state index in [0.717, 1.165) is 25.7 Å². The van der Waals surface area contributed by atoms with Gasteiger partial charge >= 0.3 is 0 Å². The van der Waals surface area contributed by atoms with Crippen molar-refractivity contribution < 1.29 is 13.6 Å². The molecule has 5 heteroatoms. The highest BCUT2D eigenvalue weighted by Crippen LogP contribution is 2.65. The Morgan fingerprint density at radius 3 is 1.97 bits per heavy atom. The molecule has 0 aromatic heterocycles. The Balaban J connectivity index is 1.56. The summed E-state index contributed by atoms with van der Waals surface area (Å²) in [5, 5.41) is 0.435. The van der Waals surface area contributed by atoms with Gasteiger partial charge in [0.15, 0.2) is 22.4 Å². The molecule has 4 rings (SSSR count). The Bertz CT molecular complexity index is 908. The normalized spacial score (nSPS) is 39.8. The molecule has 3 nitrogen and oxygen atoms in total. The van der Waals surface area contributed by atoms with Gasteiger partial charge in [0.05, 0.1) is 6.10 Å². The molecule has 0 heterocycles. The summed E-state index contributed by atoms with van der Waals surface area (Å²) in [5.74, 6) is 1.56. The van der Waals surface area contributed by atoms with Crippen molar-refractivity contribution in [2.24, 2.45) is 28.6 Å². The van der Waals surface area contributed by atoms with Crippen LogP contribution in [0.4, 0.5) is 0 Å². The average molecular weight is 533 g/mol. The van der Waals surface area contributed by atoms with Crippen LogP contribution in [-0.4, -0.2) is 34.6 Å². The van der Waals surface area contributed by atoms with Gasteiger partial charge in [-0.3, -0.25) is 4.79 Å². The average Bonchev–Trinajstić information content (AvgIpc) is 3.03. The summed E-state index contributed by atoms with van der Waals surface area (Å²) in [6.07, 6.45) is 10.6. The standard InChI is InChI=1S/C31H56O3Si2/c1-28(2,3)35(9,10)33-22-15-17-30(7)21(19-22)20-25(32)27-23-13-14-26(31(23,8)18-16-24(27)30)34-36(11,12)29(4,5)6/h20,22-24,26-27H,13-19H2,1-12H3/t22-,23-,24-,26-,27-,30-,31-/m0/s1. The van der Waals surface area contributed by atoms with Crippen LogP contribution in [0.3, 0.4) is 0 Å². The van der Waals surface area contributed by atoms with Gasteiger partial charge < -0.3 is 8.85 Å². The fourth-order valence-electron chi connectivity index (χ4n) is 7.74. The quantitative estimate of drug-likeness (QED) is 0.339. The van der Waals surface area contributed by atoms with Crippen molar-refractivity contribution in [3.05, 3.63) is 11.6 Å². The summed E-state index contributed by atoms with van der Waals surface area (Å²) in [4.78, 5) is 13.9. The van der Waals surface area contributed by atoms with E-state index in [0.29, 0.717) is 23.7 Å². The predicted octanol–water partition coefficient (Wildman–Crippen LogP) is 8.91. The summed E-state index contributed by atoms with van der Waals surface area (Å²) in [5.41, 5.74) is 1.70. The van der Waals surface area contributed by atoms with E-state index in [1.165, 1.54) is 24.8 Å². The first-order valence-electron chi connectivity index (χ1n) is 14.8. The van der Waals surface area contributed by atoms with E-state index in [-0.39, 0.29) is 32.9 Å². The Hall–Kier alpha value is -0.236. The van der Waals surface area contributed by atoms with E-state index in [9.17, 15) is 4.79 Å². The molecule has 3 saturated carbocycles. The summed E-state index contributed by atoms with van der Waals surface area (Å²) < 4.78 is 13.9. The second-order valence-electron chi connectivity index (χ2n) is 16.5. The van der Waals surface area contributed by atoms with Crippen molar-refractivity contribution in [2.75, 3.05) is 0 Å². The van der Waals surface area contributed by atoms with Crippen molar-refractivity contribution >= 4 is 22.4 Å². The first-order valence-corrected chi connectivity index (χ1v) is 20.7. The van der Waals surface area contributed by atoms with E-state index >= 15 is 0 Å². The van der Waals surface area contributed by atoms with Gasteiger partial charge in [0.1, 0.15) is 0 Å². The van der Waals surface area contributed by atoms with Crippen LogP contribution in [0.1, 0.15) is 100 Å². The maximum absolute atomic E-state index is 13.9. The molecular weight excluding hydrogens is 477 g/mol. The molecule has 4 aliphatic carbocycles. The molecule has 0 saturated heterocycles. The molecule has 0 unspecified atom stereocenters. The maximum atomic E-state index is 13.9. The SMILES string of the molecule is CC(C)(C)[Si](C)(C)O[C@H]1CC[C@@]2(C)C(=CC(=O)[C@H]3[C@@H]4CC[C@H](O[Si](C)(C)C(C)(C)C)[C@@]4(C)CC[C@@H]32)C1. The van der Waals surface area contributed by atoms with E-state index in [1.54, 1.807) is 0 Å². The molecule has 4 aliphatic rings. The Labute approximate surface area is 224 Å². The number of allylic oxidation sites excluding steroid dienone is 1. The van der Waals surface area contributed by atoms with E-state index < -0.39 is 16.6 Å². The number of carbonyl (C=O) groups is 1. The zero-order valence-corrected chi connectivity index (χ0v) is 27.6. The zero-order chi connectivity index (χ0) is 27.1. The number of hydrogen-bond acceptors (Lipinski definition) is 3. The van der Waals surface area contributed by atoms with Gasteiger partial charge in [0.25, 0.3) is 0 Å². The maximum Gasteiger partial charge on any atom is 0.192 e. The molecule has 0 aromatic rings. The molecule has 0 spiro atoms. The van der Waals surface area contributed by atoms with Gasteiger partial charge in [-0.25, -0.2) is 0 Å². The fourth-order valence-corrected chi connectivity index (χ4v) is 10.6. The lowest BCUT2D eigenvalue weighted by molar-refractivity contribution is -0.135. The van der Waals surface area contributed by atoms with Crippen molar-refractivity contribution in [1.82, 2.24) is 0 Å². The summed E-state index contributed by atoms with van der Waals surface area (Å²) in [6.45, 7) is 28.5. The van der Waals surface area contributed by atoms with Gasteiger partial charge in [-0.2, -0.15) is 0 Å². The van der Waals surface area contributed by atoms with Crippen molar-refractivity contribution in [1.29, 1.82) is 0 Å². The third-order valence-electron chi connectivity index (χ3n) is 12.3. The minimum atomic E-state index is -1.85. The van der Waals surface area contributed by atoms with Gasteiger partial charge in [0, 0.05) is 12.0 Å². The van der Waals surface area contributed by atoms with Crippen LogP contribution in [0, 0.1) is 28.6 Å². The first-order chi connectivity index (χ1) is 16.2. The molecule has 0 N–H and O–H groups in total. The third-order valence-corrected chi connectivity index (χ3v) is 21.3. The van der Waals surface area contributed by atoms with Crippen molar-refractivity contribution in [2.45, 2.75) is 149 Å². The molecule has 206 valence electrons. The molecule has 7 atom stereocenters. The lowest BCUT2D eigenvalue weighted by atomic mass is 9.47. The lowest BCUT2D eigenvalue weighted by Crippen LogP contribution is -2.56. The van der Waals surface area contributed by atoms with E-state index in [2.05, 4.69) is 87.7 Å². The second-order valence-corrected chi connectivity index (χ2v) is 26.0. The number of fused-ring (bicyclic) bond motifs is 5. The molecule has 0 radical (unpaired) electrons. The van der Waals surface area contributed by atoms with Crippen molar-refractivity contribution in [3.8, 4) is 0 Å². The number of rotatable bonds is 4. The Morgan fingerprint density at radius 2 is 1.39 bits per heavy atom. The number of hydrogen-bond donors (Lipinski definition) is 0. The molecule has 0 amide bonds. The highest BCUT2D eigenvalue weighted by molar-refractivity contribution is 6.74. The monoisotopic (exact) mass is 532 g/mol. The smallest absolute Gasteiger partial charge is 0.192 e. The number of carbonyl (C=O) groups excluding carboxylic acids is 1. The fraction of sp³-hybridized carbons (Fsp3) is 0.903. The lowest BCUT2D eigenvalue weighted by Gasteiger charge is -2.58. The van der Waals surface area contributed by atoms with Gasteiger partial charge in [-0.15, -0.1) is 0 Å². The van der Waals surface area contributed by atoms with Crippen LogP contribution >= 0.6 is 0 Å². The third kappa shape index (κ3) is 4.60. The largest absolute Gasteiger partial charge is 0.414 e. The van der Waals surface area contributed by atoms with Crippen LogP contribution in [0.2, 0.25) is 36.3 Å². The molecular formula is C31H56O3Si2. The van der Waals surface area contributed by atoms with Gasteiger partial charge in [-0.05, 0) is 110 Å². The van der Waals surface area contributed by atoms with Gasteiger partial charge in [0.2, 0.25) is 0 Å². The molecule has 0 bridgehead atoms. The second kappa shape index (κ2) is 8.89. The highest BCUT2D eigenvalue weighted by atomic mass is 28.4. The minimum absolute atomic E-state index is 0.136. The first kappa shape index (κ1) is 28.8. The van der Waals surface area contributed by atoms with Crippen LogP contribution in [0.5, 0.6) is 0 Å². The minimum Gasteiger partial charge on any atom is -0.414 e. The molecule has 3 fully saturated rings. The van der Waals surface area contributed by atoms with Crippen LogP contribution in [-0.2, 0) is 13.6 Å². The molecule has 0 aromatic carbocycles. The highest BCUT2D eigenvalue weighted by Gasteiger charge is 2.62. The van der Waals surface area contributed by atoms with E-state index in [1.807, 2.05) is 0 Å². The molecule has 0 aliphatic heterocycles. The zero-order valence-electron chi connectivity index (χ0n) is 25.6. The topological polar surface area (TPSA) is 35.5 Å². The Kier molecular flexibility index (Phi) is 7.10. The predicted molar refractivity (Wildman–Crippen MR) is 156 cm³/mol. The van der Waals surface area contributed by atoms with Crippen LogP contribution in [0.25, 0.3) is 0 Å². The summed E-state index contributed by atoms with van der Waals surface area (Å²) >= 11 is 0. The van der Waals surface area contributed by atoms with Crippen molar-refractivity contribution in [3.63, 3.8) is 0 Å².